The summed E-state index contributed by atoms with van der Waals surface area (Å²) in [6.45, 7) is 9.27. The Morgan fingerprint density at radius 2 is 0.715 bits per heavy atom. The number of ether oxygens (including phenoxy) is 10. The Morgan fingerprint density at radius 3 is 1.18 bits per heavy atom. The molecule has 0 radical (unpaired) electrons. The lowest BCUT2D eigenvalue weighted by atomic mass is 9.93. The predicted octanol–water partition coefficient (Wildman–Crippen LogP) is 8.87. The number of carboxylic acids is 5. The predicted molar refractivity (Wildman–Crippen MR) is 455 cm³/mol. The van der Waals surface area contributed by atoms with Gasteiger partial charge in [-0.2, -0.15) is 0 Å². The van der Waals surface area contributed by atoms with Gasteiger partial charge in [-0.25, -0.2) is 14.4 Å². The van der Waals surface area contributed by atoms with Crippen molar-refractivity contribution in [1.82, 2.24) is 31.9 Å². The van der Waals surface area contributed by atoms with Crippen LogP contribution in [0.15, 0.2) is 48.5 Å². The molecule has 0 unspecified atom stereocenters. The molecule has 0 fully saturated rings. The van der Waals surface area contributed by atoms with Crippen LogP contribution >= 0.6 is 0 Å². The fraction of sp³-hybridized carbons (Fsp3) is 0.705. The lowest BCUT2D eigenvalue weighted by Crippen LogP contribution is -2.41. The molecule has 0 saturated heterocycles. The van der Waals surface area contributed by atoms with E-state index in [0.717, 1.165) is 96.3 Å². The van der Waals surface area contributed by atoms with Crippen LogP contribution in [-0.2, 0) is 95.4 Å². The van der Waals surface area contributed by atoms with Crippen molar-refractivity contribution in [2.45, 2.75) is 238 Å². The molecule has 0 saturated carbocycles. The SMILES string of the molecule is CCCNC(=O)COCCOCCCC(=O)COCCOCCNC(=O)CC[C@H](CC(=O)CCCCCCCCCOc1ccc(C(=O)O)cc1)C(=O)O.CCC[C@H](NC)C(=O)CC[C@@H](CCCCNC(=O)COCCOCCNC(=O)COCCOCCCC(=O)CC[C@H](NC(=O)CCCCCCCCCOc1ccc(C(=O)O)cc1)C(=O)O)C(=O)O. The summed E-state index contributed by atoms with van der Waals surface area (Å²) in [5.41, 5.74) is 0.435. The molecule has 0 aliphatic heterocycles. The van der Waals surface area contributed by atoms with Crippen LogP contribution in [0.2, 0.25) is 0 Å². The first-order valence-electron chi connectivity index (χ1n) is 43.7. The molecule has 11 N–H and O–H groups in total. The van der Waals surface area contributed by atoms with Crippen LogP contribution in [0.5, 0.6) is 11.5 Å². The van der Waals surface area contributed by atoms with E-state index in [9.17, 15) is 82.4 Å². The standard InChI is InChI=1S/C49H80N4O16.C39H62N2O13/c1-3-14-41(50-2)43(55)25-20-37(47(59)60)15-10-11-26-51-45(57)35-68-34-32-66-30-27-52-46(58)36-67-33-31-65-28-13-16-39(54)21-24-42(49(63)64)53-44(56)17-9-7-5-4-6-8-12-29-69-40-22-18-38(19-23-40)48(61)62;1-2-19-40-37(45)30-53-27-24-50-21-10-12-34(43)29-52-26-25-51-23-20-41-36(44)18-15-32(39(48)49)28-33(42)11-8-6-4-3-5-7-9-22-54-35-16-13-31(14-17-35)38(46)47/h18-19,22-23,37,41-42,50H,3-17,20-21,24-36H2,1-2H3,(H,51,57)(H,52,58)(H,53,56)(H,59,60)(H,61,62)(H,63,64);13-14,16-17,32H,2-12,15,18-30H2,1H3,(H,40,45)(H,41,44)(H,46,47)(H,48,49)/t37-,41+,42+;32-/m11/s1. The van der Waals surface area contributed by atoms with Crippen molar-refractivity contribution in [3.8, 4) is 11.5 Å². The minimum absolute atomic E-state index is 0.000107. The number of carbonyl (C=O) groups is 14. The van der Waals surface area contributed by atoms with Gasteiger partial charge >= 0.3 is 29.8 Å². The van der Waals surface area contributed by atoms with Gasteiger partial charge in [0.1, 0.15) is 61.3 Å². The van der Waals surface area contributed by atoms with Crippen molar-refractivity contribution >= 4 is 82.5 Å². The average molecular weight is 1750 g/mol. The maximum atomic E-state index is 12.4. The number of ketones is 4. The average Bonchev–Trinajstić information content (AvgIpc) is 0.905. The molecule has 0 bridgehead atoms. The summed E-state index contributed by atoms with van der Waals surface area (Å²) in [5, 5.41) is 62.8. The molecule has 2 rings (SSSR count). The zero-order chi connectivity index (χ0) is 90.6. The smallest absolute Gasteiger partial charge is 0.335 e. The molecule has 0 heterocycles. The molecule has 5 amide bonds. The van der Waals surface area contributed by atoms with Crippen molar-refractivity contribution in [2.75, 3.05) is 152 Å². The quantitative estimate of drug-likeness (QED) is 0.0275. The van der Waals surface area contributed by atoms with Gasteiger partial charge in [-0.15, -0.1) is 0 Å². The summed E-state index contributed by atoms with van der Waals surface area (Å²) < 4.78 is 54.1. The van der Waals surface area contributed by atoms with E-state index >= 15 is 0 Å². The van der Waals surface area contributed by atoms with Gasteiger partial charge in [-0.3, -0.25) is 52.7 Å². The minimum Gasteiger partial charge on any atom is -0.494 e. The van der Waals surface area contributed by atoms with Gasteiger partial charge in [0.2, 0.25) is 29.5 Å². The number of carbonyl (C=O) groups excluding carboxylic acids is 9. The van der Waals surface area contributed by atoms with Crippen LogP contribution < -0.4 is 41.4 Å². The number of likely N-dealkylation sites (N-methyl/N-ethyl adjacent to an activating group) is 1. The maximum Gasteiger partial charge on any atom is 0.335 e. The fourth-order valence-electron chi connectivity index (χ4n) is 12.1. The number of nitrogens with one attached hydrogen (secondary N) is 6. The van der Waals surface area contributed by atoms with Gasteiger partial charge in [-0.05, 0) is 139 Å². The number of hydrogen-bond acceptors (Lipinski definition) is 25. The van der Waals surface area contributed by atoms with Crippen LogP contribution in [0.25, 0.3) is 0 Å². The molecule has 0 aromatic heterocycles. The third kappa shape index (κ3) is 66.3. The lowest BCUT2D eigenvalue weighted by Gasteiger charge is -2.16. The Hall–Kier alpha value is -8.94. The van der Waals surface area contributed by atoms with Gasteiger partial charge in [0, 0.05) is 90.8 Å². The Labute approximate surface area is 724 Å². The third-order valence-electron chi connectivity index (χ3n) is 19.1. The van der Waals surface area contributed by atoms with Crippen molar-refractivity contribution in [3.05, 3.63) is 59.7 Å². The van der Waals surface area contributed by atoms with Crippen LogP contribution in [0.4, 0.5) is 0 Å². The first-order chi connectivity index (χ1) is 59.4. The molecule has 35 nitrogen and oxygen atoms in total. The highest BCUT2D eigenvalue weighted by Crippen LogP contribution is 2.21. The second-order valence-electron chi connectivity index (χ2n) is 29.6. The van der Waals surface area contributed by atoms with Crippen LogP contribution in [-0.4, -0.2) is 272 Å². The summed E-state index contributed by atoms with van der Waals surface area (Å²) >= 11 is 0. The lowest BCUT2D eigenvalue weighted by molar-refractivity contribution is -0.144. The number of carboxylic acid groups (broad SMARTS) is 5. The summed E-state index contributed by atoms with van der Waals surface area (Å²) in [4.78, 5) is 166. The van der Waals surface area contributed by atoms with Gasteiger partial charge in [0.25, 0.3) is 0 Å². The van der Waals surface area contributed by atoms with Crippen LogP contribution in [0.1, 0.15) is 246 Å². The number of aliphatic carboxylic acids is 3. The van der Waals surface area contributed by atoms with Gasteiger partial charge in [0.15, 0.2) is 5.78 Å². The zero-order valence-electron chi connectivity index (χ0n) is 72.9. The van der Waals surface area contributed by atoms with E-state index in [1.54, 1.807) is 31.3 Å². The molecule has 0 spiro atoms. The topological polar surface area (TPSA) is 505 Å². The van der Waals surface area contributed by atoms with E-state index in [1.165, 1.54) is 24.3 Å². The number of hydrogen-bond donors (Lipinski definition) is 11. The highest BCUT2D eigenvalue weighted by molar-refractivity contribution is 5.89. The molecule has 123 heavy (non-hydrogen) atoms. The molecule has 0 aliphatic carbocycles. The Balaban J connectivity index is 0.00000127. The minimum atomic E-state index is -1.19. The van der Waals surface area contributed by atoms with E-state index in [1.807, 2.05) is 13.8 Å². The van der Waals surface area contributed by atoms with E-state index in [2.05, 4.69) is 31.9 Å². The monoisotopic (exact) mass is 1750 g/mol. The molecule has 4 atom stereocenters. The van der Waals surface area contributed by atoms with Crippen LogP contribution in [0, 0.1) is 11.8 Å². The molecule has 2 aromatic carbocycles. The van der Waals surface area contributed by atoms with E-state index in [0.29, 0.717) is 122 Å². The largest absolute Gasteiger partial charge is 0.494 e. The molecule has 0 aliphatic rings. The van der Waals surface area contributed by atoms with Crippen molar-refractivity contribution in [1.29, 1.82) is 0 Å². The summed E-state index contributed by atoms with van der Waals surface area (Å²) in [6.07, 6.45) is 19.6. The molecular formula is C88H142N6O29. The van der Waals surface area contributed by atoms with Gasteiger partial charge in [-0.1, -0.05) is 90.9 Å². The Bertz CT molecular complexity index is 3260. The van der Waals surface area contributed by atoms with E-state index in [4.69, 9.17) is 57.6 Å². The first-order valence-corrected chi connectivity index (χ1v) is 43.7. The number of aromatic carboxylic acids is 2. The third-order valence-corrected chi connectivity index (χ3v) is 19.1. The Morgan fingerprint density at radius 1 is 0.301 bits per heavy atom. The molecule has 35 heteroatoms. The fourth-order valence-corrected chi connectivity index (χ4v) is 12.1. The highest BCUT2D eigenvalue weighted by atomic mass is 16.5. The van der Waals surface area contributed by atoms with Crippen molar-refractivity contribution in [3.63, 3.8) is 0 Å². The first kappa shape index (κ1) is 112. The summed E-state index contributed by atoms with van der Waals surface area (Å²) in [6, 6.07) is 11.2. The normalized spacial score (nSPS) is 12.0. The molecule has 698 valence electrons. The number of Topliss-reactive ketones (excluding diaryl/α,β-unsaturated/α-hetero) is 4. The highest BCUT2D eigenvalue weighted by Gasteiger charge is 2.25. The zero-order valence-corrected chi connectivity index (χ0v) is 72.9. The van der Waals surface area contributed by atoms with E-state index in [-0.39, 0.29) is 220 Å². The number of amides is 5. The van der Waals surface area contributed by atoms with Crippen LogP contribution in [0.3, 0.4) is 0 Å². The molecule has 2 aromatic rings. The maximum absolute atomic E-state index is 12.4. The second kappa shape index (κ2) is 76.7. The van der Waals surface area contributed by atoms with Gasteiger partial charge in [0.05, 0.1) is 108 Å². The van der Waals surface area contributed by atoms with Gasteiger partial charge < -0.3 is 105 Å². The van der Waals surface area contributed by atoms with E-state index < -0.39 is 47.7 Å². The van der Waals surface area contributed by atoms with Crippen molar-refractivity contribution < 1.29 is 140 Å². The summed E-state index contributed by atoms with van der Waals surface area (Å²) in [7, 11) is 1.73. The number of unbranched alkanes of at least 4 members (excludes halogenated alkanes) is 13. The summed E-state index contributed by atoms with van der Waals surface area (Å²) in [5.74, 6) is -7.07. The van der Waals surface area contributed by atoms with Crippen molar-refractivity contribution in [2.24, 2.45) is 11.8 Å². The second-order valence-corrected chi connectivity index (χ2v) is 29.6. The Kier molecular flexibility index (Phi) is 69.9. The number of benzene rings is 2. The molecular weight excluding hydrogens is 1600 g/mol. The number of rotatable bonds is 84.